The number of hydrogen-bond acceptors (Lipinski definition) is 1. The van der Waals surface area contributed by atoms with E-state index in [2.05, 4.69) is 72.8 Å². The average Bonchev–Trinajstić information content (AvgIpc) is 2.70. The van der Waals surface area contributed by atoms with Gasteiger partial charge in [-0.2, -0.15) is 5.26 Å². The van der Waals surface area contributed by atoms with Gasteiger partial charge in [0.15, 0.2) is 0 Å². The topological polar surface area (TPSA) is 23.8 Å². The molecule has 0 unspecified atom stereocenters. The molecule has 124 valence electrons. The minimum Gasteiger partial charge on any atom is -0.192 e. The Kier molecular flexibility index (Phi) is 4.50. The van der Waals surface area contributed by atoms with Crippen molar-refractivity contribution >= 4 is 10.8 Å². The second-order valence-electron chi connectivity index (χ2n) is 6.55. The van der Waals surface area contributed by atoms with E-state index in [1.807, 2.05) is 24.3 Å². The molecular formula is C25H19N. The molecule has 0 aromatic heterocycles. The van der Waals surface area contributed by atoms with Crippen molar-refractivity contribution in [1.82, 2.24) is 0 Å². The van der Waals surface area contributed by atoms with Crippen LogP contribution in [0.1, 0.15) is 27.8 Å². The molecular weight excluding hydrogens is 314 g/mol. The lowest BCUT2D eigenvalue weighted by molar-refractivity contribution is 1.09. The minimum atomic E-state index is 0.775. The van der Waals surface area contributed by atoms with E-state index in [1.54, 1.807) is 0 Å². The highest BCUT2D eigenvalue weighted by molar-refractivity contribution is 5.90. The summed E-state index contributed by atoms with van der Waals surface area (Å²) in [6.07, 6.45) is 1.61. The quantitative estimate of drug-likeness (QED) is 0.456. The molecule has 0 aliphatic heterocycles. The Balaban J connectivity index is 1.90. The van der Waals surface area contributed by atoms with Crippen molar-refractivity contribution < 1.29 is 0 Å². The van der Waals surface area contributed by atoms with Gasteiger partial charge in [0.05, 0.1) is 5.56 Å². The van der Waals surface area contributed by atoms with Crippen LogP contribution < -0.4 is 0 Å². The van der Waals surface area contributed by atoms with Crippen molar-refractivity contribution in [2.24, 2.45) is 0 Å². The minimum absolute atomic E-state index is 0.775. The summed E-state index contributed by atoms with van der Waals surface area (Å²) in [6, 6.07) is 33.8. The van der Waals surface area contributed by atoms with E-state index in [9.17, 15) is 5.26 Å². The summed E-state index contributed by atoms with van der Waals surface area (Å²) in [5.41, 5.74) is 5.67. The van der Waals surface area contributed by atoms with E-state index in [-0.39, 0.29) is 0 Å². The van der Waals surface area contributed by atoms with Gasteiger partial charge >= 0.3 is 0 Å². The van der Waals surface area contributed by atoms with Gasteiger partial charge in [-0.3, -0.25) is 0 Å². The number of nitrogens with zero attached hydrogens (tertiary/aromatic N) is 1. The van der Waals surface area contributed by atoms with Crippen LogP contribution >= 0.6 is 0 Å². The first-order valence-electron chi connectivity index (χ1n) is 8.86. The van der Waals surface area contributed by atoms with Gasteiger partial charge in [0.2, 0.25) is 0 Å². The van der Waals surface area contributed by atoms with Crippen LogP contribution in [0.5, 0.6) is 0 Å². The number of hydrogen-bond donors (Lipinski definition) is 0. The van der Waals surface area contributed by atoms with E-state index < -0.39 is 0 Å². The van der Waals surface area contributed by atoms with Crippen molar-refractivity contribution in [1.29, 1.82) is 5.26 Å². The Hall–Kier alpha value is -3.37. The van der Waals surface area contributed by atoms with Gasteiger partial charge in [0.1, 0.15) is 6.07 Å². The first-order valence-corrected chi connectivity index (χ1v) is 8.86. The smallest absolute Gasteiger partial charge is 0.100 e. The van der Waals surface area contributed by atoms with Crippen molar-refractivity contribution in [2.75, 3.05) is 0 Å². The lowest BCUT2D eigenvalue weighted by Crippen LogP contribution is -2.02. The van der Waals surface area contributed by atoms with Gasteiger partial charge in [0, 0.05) is 0 Å². The predicted octanol–water partition coefficient (Wildman–Crippen LogP) is 5.89. The third-order valence-corrected chi connectivity index (χ3v) is 4.82. The summed E-state index contributed by atoms with van der Waals surface area (Å²) in [4.78, 5) is 0. The van der Waals surface area contributed by atoms with Gasteiger partial charge in [-0.25, -0.2) is 0 Å². The van der Waals surface area contributed by atoms with E-state index >= 15 is 0 Å². The molecule has 0 N–H and O–H groups in total. The largest absolute Gasteiger partial charge is 0.192 e. The number of benzene rings is 4. The lowest BCUT2D eigenvalue weighted by atomic mass is 9.88. The molecule has 0 aliphatic carbocycles. The molecule has 0 fully saturated rings. The van der Waals surface area contributed by atoms with E-state index in [4.69, 9.17) is 0 Å². The van der Waals surface area contributed by atoms with Crippen LogP contribution in [0.25, 0.3) is 10.8 Å². The fraction of sp³-hybridized carbons (Fsp3) is 0.0800. The molecule has 0 saturated heterocycles. The molecule has 0 bridgehead atoms. The van der Waals surface area contributed by atoms with Crippen LogP contribution in [0.15, 0.2) is 91.0 Å². The monoisotopic (exact) mass is 333 g/mol. The van der Waals surface area contributed by atoms with Crippen LogP contribution in [0.3, 0.4) is 0 Å². The normalized spacial score (nSPS) is 10.6. The molecule has 0 amide bonds. The number of fused-ring (bicyclic) bond motifs is 1. The maximum Gasteiger partial charge on any atom is 0.100 e. The highest BCUT2D eigenvalue weighted by Crippen LogP contribution is 2.29. The zero-order valence-electron chi connectivity index (χ0n) is 14.5. The Bertz CT molecular complexity index is 1070. The molecule has 4 aromatic carbocycles. The maximum atomic E-state index is 9.94. The molecule has 0 heterocycles. The summed E-state index contributed by atoms with van der Waals surface area (Å²) in [5, 5.41) is 12.1. The fourth-order valence-corrected chi connectivity index (χ4v) is 3.55. The molecule has 0 spiro atoms. The standard InChI is InChI=1S/C25H19N/c26-18-25-23-14-8-7-13-21(23)17-22(15-19-9-3-1-4-10-19)24(25)16-20-11-5-2-6-12-20/h1-14,17H,15-16H2. The molecule has 0 saturated carbocycles. The molecule has 4 rings (SSSR count). The Labute approximate surface area is 154 Å². The summed E-state index contributed by atoms with van der Waals surface area (Å²) in [5.74, 6) is 0. The summed E-state index contributed by atoms with van der Waals surface area (Å²) in [7, 11) is 0. The molecule has 1 heteroatoms. The van der Waals surface area contributed by atoms with Crippen LogP contribution in [-0.2, 0) is 12.8 Å². The first kappa shape index (κ1) is 16.1. The zero-order chi connectivity index (χ0) is 17.8. The Morgan fingerprint density at radius 3 is 1.88 bits per heavy atom. The summed E-state index contributed by atoms with van der Waals surface area (Å²) in [6.45, 7) is 0. The predicted molar refractivity (Wildman–Crippen MR) is 107 cm³/mol. The van der Waals surface area contributed by atoms with Crippen LogP contribution in [0, 0.1) is 11.3 Å². The molecule has 0 atom stereocenters. The molecule has 1 nitrogen and oxygen atoms in total. The third kappa shape index (κ3) is 3.23. The first-order chi connectivity index (χ1) is 12.8. The van der Waals surface area contributed by atoms with E-state index in [1.165, 1.54) is 16.7 Å². The van der Waals surface area contributed by atoms with Gasteiger partial charge in [0.25, 0.3) is 0 Å². The van der Waals surface area contributed by atoms with E-state index in [0.717, 1.165) is 34.7 Å². The summed E-state index contributed by atoms with van der Waals surface area (Å²) < 4.78 is 0. The van der Waals surface area contributed by atoms with Gasteiger partial charge in [-0.1, -0.05) is 91.0 Å². The average molecular weight is 333 g/mol. The van der Waals surface area contributed by atoms with Crippen LogP contribution in [0.4, 0.5) is 0 Å². The maximum absolute atomic E-state index is 9.94. The highest BCUT2D eigenvalue weighted by atomic mass is 14.3. The molecule has 4 aromatic rings. The fourth-order valence-electron chi connectivity index (χ4n) is 3.55. The van der Waals surface area contributed by atoms with Crippen molar-refractivity contribution in [3.05, 3.63) is 119 Å². The third-order valence-electron chi connectivity index (χ3n) is 4.82. The Morgan fingerprint density at radius 1 is 0.654 bits per heavy atom. The van der Waals surface area contributed by atoms with Crippen LogP contribution in [-0.4, -0.2) is 0 Å². The van der Waals surface area contributed by atoms with E-state index in [0.29, 0.717) is 0 Å². The molecule has 0 aliphatic rings. The second kappa shape index (κ2) is 7.25. The van der Waals surface area contributed by atoms with Crippen molar-refractivity contribution in [2.45, 2.75) is 12.8 Å². The SMILES string of the molecule is N#Cc1c(Cc2ccccc2)c(Cc2ccccc2)cc2ccccc12. The van der Waals surface area contributed by atoms with Crippen molar-refractivity contribution in [3.63, 3.8) is 0 Å². The number of rotatable bonds is 4. The zero-order valence-corrected chi connectivity index (χ0v) is 14.5. The molecule has 26 heavy (non-hydrogen) atoms. The Morgan fingerprint density at radius 2 is 1.23 bits per heavy atom. The van der Waals surface area contributed by atoms with Gasteiger partial charge < -0.3 is 0 Å². The lowest BCUT2D eigenvalue weighted by Gasteiger charge is -2.15. The highest BCUT2D eigenvalue weighted by Gasteiger charge is 2.14. The molecule has 0 radical (unpaired) electrons. The number of nitriles is 1. The van der Waals surface area contributed by atoms with Gasteiger partial charge in [-0.15, -0.1) is 0 Å². The van der Waals surface area contributed by atoms with Crippen LogP contribution in [0.2, 0.25) is 0 Å². The summed E-state index contributed by atoms with van der Waals surface area (Å²) >= 11 is 0. The van der Waals surface area contributed by atoms with Gasteiger partial charge in [-0.05, 0) is 45.9 Å². The van der Waals surface area contributed by atoms with Crippen molar-refractivity contribution in [3.8, 4) is 6.07 Å². The second-order valence-corrected chi connectivity index (χ2v) is 6.55.